The third-order valence-electron chi connectivity index (χ3n) is 2.61. The number of aliphatic carboxylic acids is 1. The molecule has 4 N–H and O–H groups in total. The molecule has 0 aliphatic carbocycles. The Morgan fingerprint density at radius 1 is 1.53 bits per heavy atom. The summed E-state index contributed by atoms with van der Waals surface area (Å²) in [4.78, 5) is 10.5. The highest BCUT2D eigenvalue weighted by molar-refractivity contribution is 5.66. The molecule has 1 aromatic carbocycles. The Morgan fingerprint density at radius 3 is 2.71 bits per heavy atom. The fraction of sp³-hybridized carbons (Fsp3) is 0.417. The molecule has 1 atom stereocenters. The van der Waals surface area contributed by atoms with Gasteiger partial charge >= 0.3 is 5.97 Å². The molecule has 0 radical (unpaired) electrons. The van der Waals surface area contributed by atoms with E-state index in [1.165, 1.54) is 7.11 Å². The highest BCUT2D eigenvalue weighted by atomic mass is 16.5. The van der Waals surface area contributed by atoms with Crippen LogP contribution in [0.15, 0.2) is 12.1 Å². The lowest BCUT2D eigenvalue weighted by Crippen LogP contribution is -2.13. The van der Waals surface area contributed by atoms with Gasteiger partial charge in [0, 0.05) is 18.0 Å². The normalized spacial score (nSPS) is 12.2. The van der Waals surface area contributed by atoms with Gasteiger partial charge in [-0.3, -0.25) is 4.79 Å². The topological polar surface area (TPSA) is 92.8 Å². The van der Waals surface area contributed by atoms with E-state index in [-0.39, 0.29) is 18.6 Å². The molecule has 0 aliphatic heterocycles. The number of nitrogens with two attached hydrogens (primary N) is 1. The van der Waals surface area contributed by atoms with Gasteiger partial charge in [-0.2, -0.15) is 0 Å². The van der Waals surface area contributed by atoms with Crippen LogP contribution in [-0.4, -0.2) is 23.3 Å². The first-order chi connectivity index (χ1) is 7.95. The van der Waals surface area contributed by atoms with Crippen LogP contribution in [0.5, 0.6) is 11.5 Å². The molecule has 1 aromatic rings. The highest BCUT2D eigenvalue weighted by Crippen LogP contribution is 2.32. The zero-order valence-corrected chi connectivity index (χ0v) is 9.93. The van der Waals surface area contributed by atoms with E-state index < -0.39 is 12.0 Å². The fourth-order valence-corrected chi connectivity index (χ4v) is 1.61. The van der Waals surface area contributed by atoms with E-state index in [1.807, 2.05) is 0 Å². The quantitative estimate of drug-likeness (QED) is 0.725. The van der Waals surface area contributed by atoms with Gasteiger partial charge in [-0.1, -0.05) is 0 Å². The van der Waals surface area contributed by atoms with Crippen molar-refractivity contribution in [2.45, 2.75) is 25.8 Å². The number of hydrogen-bond acceptors (Lipinski definition) is 4. The summed E-state index contributed by atoms with van der Waals surface area (Å²) in [5, 5.41) is 18.5. The Labute approximate surface area is 99.8 Å². The van der Waals surface area contributed by atoms with Crippen molar-refractivity contribution in [2.75, 3.05) is 7.11 Å². The van der Waals surface area contributed by atoms with E-state index in [0.717, 1.165) is 0 Å². The second-order valence-electron chi connectivity index (χ2n) is 3.92. The summed E-state index contributed by atoms with van der Waals surface area (Å²) in [5.41, 5.74) is 7.03. The van der Waals surface area contributed by atoms with Crippen molar-refractivity contribution < 1.29 is 19.7 Å². The van der Waals surface area contributed by atoms with E-state index in [9.17, 15) is 9.90 Å². The zero-order valence-electron chi connectivity index (χ0n) is 9.93. The molecule has 0 saturated carbocycles. The van der Waals surface area contributed by atoms with Crippen LogP contribution in [0.2, 0.25) is 0 Å². The average Bonchev–Trinajstić information content (AvgIpc) is 2.29. The number of rotatable bonds is 5. The molecule has 1 rings (SSSR count). The first-order valence-electron chi connectivity index (χ1n) is 5.30. The average molecular weight is 239 g/mol. The molecule has 0 aliphatic rings. The number of carbonyl (C=O) groups is 1. The van der Waals surface area contributed by atoms with Crippen LogP contribution in [0.3, 0.4) is 0 Å². The fourth-order valence-electron chi connectivity index (χ4n) is 1.61. The second kappa shape index (κ2) is 5.54. The van der Waals surface area contributed by atoms with Gasteiger partial charge in [0.05, 0.1) is 7.11 Å². The van der Waals surface area contributed by atoms with Crippen molar-refractivity contribution in [3.05, 3.63) is 23.3 Å². The Kier molecular flexibility index (Phi) is 4.34. The minimum absolute atomic E-state index is 0.0309. The van der Waals surface area contributed by atoms with Gasteiger partial charge in [0.2, 0.25) is 0 Å². The number of carboxylic acid groups (broad SMARTS) is 1. The van der Waals surface area contributed by atoms with Crippen LogP contribution < -0.4 is 10.5 Å². The zero-order chi connectivity index (χ0) is 13.0. The lowest BCUT2D eigenvalue weighted by molar-refractivity contribution is -0.137. The minimum atomic E-state index is -0.903. The van der Waals surface area contributed by atoms with E-state index in [4.69, 9.17) is 15.6 Å². The van der Waals surface area contributed by atoms with Crippen LogP contribution in [0.1, 0.15) is 30.0 Å². The Balaban J connectivity index is 2.95. The van der Waals surface area contributed by atoms with Crippen LogP contribution in [0.25, 0.3) is 0 Å². The van der Waals surface area contributed by atoms with Crippen molar-refractivity contribution in [1.29, 1.82) is 0 Å². The summed E-state index contributed by atoms with van der Waals surface area (Å²) < 4.78 is 5.08. The van der Waals surface area contributed by atoms with Crippen molar-refractivity contribution in [2.24, 2.45) is 5.73 Å². The Hall–Kier alpha value is -1.75. The van der Waals surface area contributed by atoms with Gasteiger partial charge in [-0.25, -0.2) is 0 Å². The molecule has 0 bridgehead atoms. The molecule has 94 valence electrons. The maximum Gasteiger partial charge on any atom is 0.303 e. The lowest BCUT2D eigenvalue weighted by Gasteiger charge is -2.15. The largest absolute Gasteiger partial charge is 0.507 e. The maximum absolute atomic E-state index is 10.5. The number of ether oxygens (including phenoxy) is 1. The molecule has 17 heavy (non-hydrogen) atoms. The summed E-state index contributed by atoms with van der Waals surface area (Å²) in [6.07, 6.45) is 0.242. The minimum Gasteiger partial charge on any atom is -0.507 e. The summed E-state index contributed by atoms with van der Waals surface area (Å²) >= 11 is 0. The van der Waals surface area contributed by atoms with Gasteiger partial charge in [0.15, 0.2) is 0 Å². The van der Waals surface area contributed by atoms with Crippen molar-refractivity contribution in [3.63, 3.8) is 0 Å². The number of carboxylic acids is 1. The first-order valence-corrected chi connectivity index (χ1v) is 5.30. The summed E-state index contributed by atoms with van der Waals surface area (Å²) in [6, 6.07) is 2.82. The van der Waals surface area contributed by atoms with Crippen LogP contribution in [0.4, 0.5) is 0 Å². The molecule has 0 aromatic heterocycles. The number of aryl methyl sites for hydroxylation is 1. The molecule has 5 nitrogen and oxygen atoms in total. The van der Waals surface area contributed by atoms with E-state index in [0.29, 0.717) is 16.9 Å². The van der Waals surface area contributed by atoms with Crippen LogP contribution in [0, 0.1) is 6.92 Å². The molecule has 0 fully saturated rings. The highest BCUT2D eigenvalue weighted by Gasteiger charge is 2.15. The first kappa shape index (κ1) is 13.3. The summed E-state index contributed by atoms with van der Waals surface area (Å²) in [6.45, 7) is 1.74. The summed E-state index contributed by atoms with van der Waals surface area (Å²) in [7, 11) is 1.53. The van der Waals surface area contributed by atoms with Gasteiger partial charge in [-0.05, 0) is 31.0 Å². The molecular formula is C12H17NO4. The monoisotopic (exact) mass is 239 g/mol. The van der Waals surface area contributed by atoms with Crippen LogP contribution in [-0.2, 0) is 4.79 Å². The van der Waals surface area contributed by atoms with E-state index in [2.05, 4.69) is 0 Å². The molecule has 5 heteroatoms. The molecule has 0 spiro atoms. The molecule has 0 heterocycles. The van der Waals surface area contributed by atoms with Crippen molar-refractivity contribution >= 4 is 5.97 Å². The Bertz CT molecular complexity index is 417. The van der Waals surface area contributed by atoms with Crippen LogP contribution >= 0.6 is 0 Å². The van der Waals surface area contributed by atoms with Crippen molar-refractivity contribution in [3.8, 4) is 11.5 Å². The van der Waals surface area contributed by atoms with Crippen molar-refractivity contribution in [1.82, 2.24) is 0 Å². The Morgan fingerprint density at radius 2 is 2.18 bits per heavy atom. The van der Waals surface area contributed by atoms with Gasteiger partial charge in [0.1, 0.15) is 11.5 Å². The number of hydrogen-bond donors (Lipinski definition) is 3. The predicted octanol–water partition coefficient (Wildman–Crippen LogP) is 1.57. The molecule has 0 amide bonds. The second-order valence-corrected chi connectivity index (χ2v) is 3.92. The maximum atomic E-state index is 10.5. The van der Waals surface area contributed by atoms with Gasteiger partial charge < -0.3 is 20.7 Å². The number of aromatic hydroxyl groups is 1. The molecular weight excluding hydrogens is 222 g/mol. The smallest absolute Gasteiger partial charge is 0.303 e. The van der Waals surface area contributed by atoms with E-state index in [1.54, 1.807) is 19.1 Å². The number of phenolic OH excluding ortho intramolecular Hbond substituents is 1. The lowest BCUT2D eigenvalue weighted by atomic mass is 9.99. The third kappa shape index (κ3) is 3.35. The molecule has 0 saturated heterocycles. The van der Waals surface area contributed by atoms with Gasteiger partial charge in [0.25, 0.3) is 0 Å². The number of phenols is 1. The number of benzene rings is 1. The van der Waals surface area contributed by atoms with E-state index >= 15 is 0 Å². The van der Waals surface area contributed by atoms with Gasteiger partial charge in [-0.15, -0.1) is 0 Å². The predicted molar refractivity (Wildman–Crippen MR) is 63.2 cm³/mol. The summed E-state index contributed by atoms with van der Waals surface area (Å²) in [5.74, 6) is -0.204. The third-order valence-corrected chi connectivity index (χ3v) is 2.61. The number of methoxy groups -OCH3 is 1. The molecule has 1 unspecified atom stereocenters. The SMILES string of the molecule is COc1cc(C)c(O)c(C(N)CCC(=O)O)c1. The standard InChI is InChI=1S/C12H17NO4/c1-7-5-8(17-2)6-9(12(7)16)10(13)3-4-11(14)15/h5-6,10,16H,3-4,13H2,1-2H3,(H,14,15).